The van der Waals surface area contributed by atoms with Crippen LogP contribution in [0.15, 0.2) is 12.2 Å². The van der Waals surface area contributed by atoms with Gasteiger partial charge in [0, 0.05) is 6.42 Å². The molecule has 0 saturated carbocycles. The monoisotopic (exact) mass is 408 g/mol. The lowest BCUT2D eigenvalue weighted by Crippen LogP contribution is -2.24. The lowest BCUT2D eigenvalue weighted by molar-refractivity contribution is -0.151. The van der Waals surface area contributed by atoms with Crippen LogP contribution >= 0.6 is 0 Å². The van der Waals surface area contributed by atoms with Crippen molar-refractivity contribution < 1.29 is 9.53 Å². The third-order valence-corrected chi connectivity index (χ3v) is 6.90. The fourth-order valence-corrected chi connectivity index (χ4v) is 3.82. The highest BCUT2D eigenvalue weighted by atomic mass is 16.5. The van der Waals surface area contributed by atoms with Gasteiger partial charge in [0.1, 0.15) is 6.10 Å². The SMILES string of the molecule is CCCCCC(CCC)C(C)OC(=O)CCCC(C)(/C=C/CC(C)(C)CC)CC. The summed E-state index contributed by atoms with van der Waals surface area (Å²) in [6.07, 6.45) is 18.0. The number of esters is 1. The first-order chi connectivity index (χ1) is 13.6. The van der Waals surface area contributed by atoms with Gasteiger partial charge in [-0.05, 0) is 62.2 Å². The minimum Gasteiger partial charge on any atom is -0.462 e. The van der Waals surface area contributed by atoms with E-state index in [0.717, 1.165) is 38.5 Å². The predicted molar refractivity (Wildman–Crippen MR) is 128 cm³/mol. The van der Waals surface area contributed by atoms with Crippen molar-refractivity contribution in [1.82, 2.24) is 0 Å². The molecule has 0 saturated heterocycles. The molecule has 29 heavy (non-hydrogen) atoms. The highest BCUT2D eigenvalue weighted by molar-refractivity contribution is 5.69. The van der Waals surface area contributed by atoms with Crippen molar-refractivity contribution >= 4 is 5.97 Å². The van der Waals surface area contributed by atoms with Gasteiger partial charge < -0.3 is 4.74 Å². The van der Waals surface area contributed by atoms with E-state index in [9.17, 15) is 4.79 Å². The van der Waals surface area contributed by atoms with Crippen LogP contribution in [0.1, 0.15) is 132 Å². The maximum absolute atomic E-state index is 12.4. The first-order valence-corrected chi connectivity index (χ1v) is 12.5. The largest absolute Gasteiger partial charge is 0.462 e. The number of rotatable bonds is 17. The molecule has 2 nitrogen and oxygen atoms in total. The van der Waals surface area contributed by atoms with Crippen LogP contribution in [0.25, 0.3) is 0 Å². The Hall–Kier alpha value is -0.790. The first kappa shape index (κ1) is 28.2. The summed E-state index contributed by atoms with van der Waals surface area (Å²) in [5, 5.41) is 0. The molecule has 0 heterocycles. The molecule has 0 aliphatic heterocycles. The average molecular weight is 409 g/mol. The van der Waals surface area contributed by atoms with Crippen molar-refractivity contribution in [3.05, 3.63) is 12.2 Å². The second kappa shape index (κ2) is 15.1. The second-order valence-corrected chi connectivity index (χ2v) is 10.2. The molecule has 0 rings (SSSR count). The molecule has 0 aliphatic carbocycles. The van der Waals surface area contributed by atoms with Crippen LogP contribution in [0.4, 0.5) is 0 Å². The highest BCUT2D eigenvalue weighted by Crippen LogP contribution is 2.32. The first-order valence-electron chi connectivity index (χ1n) is 12.5. The van der Waals surface area contributed by atoms with Gasteiger partial charge in [-0.2, -0.15) is 0 Å². The molecule has 172 valence electrons. The predicted octanol–water partition coefficient (Wildman–Crippen LogP) is 8.88. The molecule has 0 fully saturated rings. The Bertz CT molecular complexity index is 451. The summed E-state index contributed by atoms with van der Waals surface area (Å²) in [5.41, 5.74) is 0.553. The van der Waals surface area contributed by atoms with Crippen molar-refractivity contribution in [3.63, 3.8) is 0 Å². The Kier molecular flexibility index (Phi) is 14.7. The Morgan fingerprint density at radius 2 is 1.62 bits per heavy atom. The Morgan fingerprint density at radius 3 is 2.17 bits per heavy atom. The quantitative estimate of drug-likeness (QED) is 0.136. The lowest BCUT2D eigenvalue weighted by atomic mass is 9.80. The number of carbonyl (C=O) groups excluding carboxylic acids is 1. The van der Waals surface area contributed by atoms with Crippen molar-refractivity contribution in [2.24, 2.45) is 16.7 Å². The van der Waals surface area contributed by atoms with Gasteiger partial charge in [0.2, 0.25) is 0 Å². The van der Waals surface area contributed by atoms with Crippen LogP contribution in [-0.4, -0.2) is 12.1 Å². The number of carbonyl (C=O) groups is 1. The van der Waals surface area contributed by atoms with E-state index < -0.39 is 0 Å². The van der Waals surface area contributed by atoms with E-state index >= 15 is 0 Å². The number of allylic oxidation sites excluding steroid dienone is 2. The molecule has 0 amide bonds. The van der Waals surface area contributed by atoms with E-state index in [0.29, 0.717) is 17.8 Å². The van der Waals surface area contributed by atoms with Gasteiger partial charge in [-0.3, -0.25) is 4.79 Å². The van der Waals surface area contributed by atoms with E-state index in [1.807, 2.05) is 0 Å². The zero-order valence-electron chi connectivity index (χ0n) is 21.1. The summed E-state index contributed by atoms with van der Waals surface area (Å²) < 4.78 is 5.83. The Morgan fingerprint density at radius 1 is 0.931 bits per heavy atom. The van der Waals surface area contributed by atoms with Crippen LogP contribution in [0.5, 0.6) is 0 Å². The third kappa shape index (κ3) is 13.2. The molecule has 0 aliphatic rings. The lowest BCUT2D eigenvalue weighted by Gasteiger charge is -2.26. The molecule has 0 aromatic carbocycles. The normalized spacial score (nSPS) is 16.6. The Labute approximate surface area is 183 Å². The topological polar surface area (TPSA) is 26.3 Å². The molecule has 0 spiro atoms. The average Bonchev–Trinajstić information content (AvgIpc) is 2.67. The number of hydrogen-bond donors (Lipinski definition) is 0. The van der Waals surface area contributed by atoms with Gasteiger partial charge in [0.25, 0.3) is 0 Å². The van der Waals surface area contributed by atoms with E-state index in [1.54, 1.807) is 0 Å². The molecule has 3 unspecified atom stereocenters. The number of ether oxygens (including phenoxy) is 1. The maximum Gasteiger partial charge on any atom is 0.306 e. The zero-order chi connectivity index (χ0) is 22.3. The van der Waals surface area contributed by atoms with Gasteiger partial charge in [0.05, 0.1) is 0 Å². The summed E-state index contributed by atoms with van der Waals surface area (Å²) in [6.45, 7) is 18.0. The highest BCUT2D eigenvalue weighted by Gasteiger charge is 2.22. The smallest absolute Gasteiger partial charge is 0.306 e. The van der Waals surface area contributed by atoms with Crippen LogP contribution in [0, 0.1) is 16.7 Å². The molecule has 0 N–H and O–H groups in total. The second-order valence-electron chi connectivity index (χ2n) is 10.2. The summed E-state index contributed by atoms with van der Waals surface area (Å²) in [7, 11) is 0. The van der Waals surface area contributed by atoms with E-state index in [1.165, 1.54) is 32.1 Å². The van der Waals surface area contributed by atoms with Gasteiger partial charge >= 0.3 is 5.97 Å². The van der Waals surface area contributed by atoms with Crippen LogP contribution in [0.2, 0.25) is 0 Å². The fourth-order valence-electron chi connectivity index (χ4n) is 3.82. The molecular formula is C27H52O2. The van der Waals surface area contributed by atoms with Gasteiger partial charge in [-0.1, -0.05) is 92.7 Å². The number of hydrogen-bond acceptors (Lipinski definition) is 2. The van der Waals surface area contributed by atoms with Crippen molar-refractivity contribution in [1.29, 1.82) is 0 Å². The molecule has 3 atom stereocenters. The fraction of sp³-hybridized carbons (Fsp3) is 0.889. The van der Waals surface area contributed by atoms with E-state index in [4.69, 9.17) is 4.74 Å². The maximum atomic E-state index is 12.4. The minimum absolute atomic E-state index is 0.0105. The van der Waals surface area contributed by atoms with E-state index in [2.05, 4.69) is 67.5 Å². The molecular weight excluding hydrogens is 356 g/mol. The van der Waals surface area contributed by atoms with Gasteiger partial charge in [0.15, 0.2) is 0 Å². The minimum atomic E-state index is -0.0105. The van der Waals surface area contributed by atoms with Crippen LogP contribution < -0.4 is 0 Å². The van der Waals surface area contributed by atoms with Crippen LogP contribution in [0.3, 0.4) is 0 Å². The Balaban J connectivity index is 4.46. The molecule has 0 aromatic rings. The summed E-state index contributed by atoms with van der Waals surface area (Å²) in [4.78, 5) is 12.4. The summed E-state index contributed by atoms with van der Waals surface area (Å²) in [5.74, 6) is 0.505. The van der Waals surface area contributed by atoms with Gasteiger partial charge in [-0.15, -0.1) is 0 Å². The van der Waals surface area contributed by atoms with Crippen LogP contribution in [-0.2, 0) is 9.53 Å². The van der Waals surface area contributed by atoms with E-state index in [-0.39, 0.29) is 17.5 Å². The molecule has 0 bridgehead atoms. The summed E-state index contributed by atoms with van der Waals surface area (Å²) >= 11 is 0. The van der Waals surface area contributed by atoms with Gasteiger partial charge in [-0.25, -0.2) is 0 Å². The van der Waals surface area contributed by atoms with Crippen molar-refractivity contribution in [3.8, 4) is 0 Å². The van der Waals surface area contributed by atoms with Crippen molar-refractivity contribution in [2.75, 3.05) is 0 Å². The summed E-state index contributed by atoms with van der Waals surface area (Å²) in [6, 6.07) is 0. The molecule has 0 aromatic heterocycles. The molecule has 0 radical (unpaired) electrons. The zero-order valence-corrected chi connectivity index (χ0v) is 21.1. The third-order valence-electron chi connectivity index (χ3n) is 6.90. The number of unbranched alkanes of at least 4 members (excludes halogenated alkanes) is 2. The van der Waals surface area contributed by atoms with Crippen molar-refractivity contribution in [2.45, 2.75) is 139 Å². The standard InChI is InChI=1S/C27H52O2/c1-9-13-14-18-24(17-10-2)23(5)29-25(28)19-15-21-27(8,12-4)22-16-20-26(6,7)11-3/h16,22-24H,9-15,17-21H2,1-8H3/b22-16+. The molecule has 2 heteroatoms.